The van der Waals surface area contributed by atoms with Gasteiger partial charge < -0.3 is 5.32 Å². The van der Waals surface area contributed by atoms with Gasteiger partial charge in [-0.25, -0.2) is 0 Å². The van der Waals surface area contributed by atoms with E-state index in [1.165, 1.54) is 6.07 Å². The van der Waals surface area contributed by atoms with Gasteiger partial charge in [-0.1, -0.05) is 52.5 Å². The Morgan fingerprint density at radius 3 is 1.70 bits per heavy atom. The molecule has 0 saturated heterocycles. The molecule has 0 heterocycles. The van der Waals surface area contributed by atoms with Crippen molar-refractivity contribution in [2.75, 3.05) is 6.54 Å². The Kier molecular flexibility index (Phi) is 11.8. The maximum atomic E-state index is 11.8. The summed E-state index contributed by atoms with van der Waals surface area (Å²) in [6.45, 7) is 7.66. The van der Waals surface area contributed by atoms with Crippen LogP contribution in [0.25, 0.3) is 0 Å². The van der Waals surface area contributed by atoms with Crippen molar-refractivity contribution < 1.29 is 38.9 Å². The van der Waals surface area contributed by atoms with Crippen LogP contribution in [0.2, 0.25) is 0 Å². The van der Waals surface area contributed by atoms with E-state index in [9.17, 15) is 54.7 Å². The van der Waals surface area contributed by atoms with Crippen molar-refractivity contribution in [3.8, 4) is 18.2 Å². The van der Waals surface area contributed by atoms with Crippen LogP contribution >= 0.6 is 0 Å². The molecule has 0 aliphatic heterocycles. The molecule has 0 bridgehead atoms. The lowest BCUT2D eigenvalue weighted by atomic mass is 9.71. The molecule has 0 atom stereocenters. The maximum absolute atomic E-state index is 11.8. The van der Waals surface area contributed by atoms with Gasteiger partial charge in [0.1, 0.15) is 12.1 Å². The van der Waals surface area contributed by atoms with E-state index in [4.69, 9.17) is 0 Å². The summed E-state index contributed by atoms with van der Waals surface area (Å²) in [7, 11) is -15.5. The van der Waals surface area contributed by atoms with Crippen LogP contribution in [-0.2, 0) is 30.4 Å². The number of nitriles is 3. The molecule has 0 spiro atoms. The molecule has 2 aliphatic carbocycles. The van der Waals surface area contributed by atoms with Crippen molar-refractivity contribution in [3.05, 3.63) is 42.7 Å². The van der Waals surface area contributed by atoms with Crippen LogP contribution in [0.15, 0.2) is 42.7 Å². The van der Waals surface area contributed by atoms with Gasteiger partial charge in [-0.15, -0.1) is 0 Å². The Balaban J connectivity index is 2.09. The zero-order valence-corrected chi connectivity index (χ0v) is 27.6. The molecule has 242 valence electrons. The second-order valence-corrected chi connectivity index (χ2v) is 17.0. The molecule has 16 heteroatoms. The number of rotatable bonds is 12. The molecule has 0 radical (unpaired) electrons. The average Bonchev–Trinajstić information content (AvgIpc) is 2.82. The molecule has 0 saturated carbocycles. The largest absolute Gasteiger partial charge is 0.387 e. The van der Waals surface area contributed by atoms with Crippen molar-refractivity contribution in [1.82, 2.24) is 5.32 Å². The molecule has 2 rings (SSSR count). The minimum atomic E-state index is -5.36. The standard InChI is InChI=1S/C28H38N4O9S3/c1-27(2)12-19(22(16-29)20(13-27)25(18-31)42(33,34)35)10-8-6-5-7-9-11-32-24-15-28(3,4)14-21(23(24)17-30)26(43(36,37)38)44(39,40)41/h32H,5-15H2,1-4H3,(H,33,34,35)(H,36,37,38)(H,39,40,41)/b25-20+. The molecule has 13 nitrogen and oxygen atoms in total. The van der Waals surface area contributed by atoms with Gasteiger partial charge in [-0.2, -0.15) is 41.0 Å². The number of hydrogen-bond acceptors (Lipinski definition) is 10. The predicted octanol–water partition coefficient (Wildman–Crippen LogP) is 4.81. The zero-order chi connectivity index (χ0) is 33.7. The van der Waals surface area contributed by atoms with Crippen molar-refractivity contribution in [2.45, 2.75) is 91.9 Å². The molecule has 0 amide bonds. The van der Waals surface area contributed by atoms with E-state index in [0.29, 0.717) is 44.3 Å². The van der Waals surface area contributed by atoms with Gasteiger partial charge in [0.2, 0.25) is 4.24 Å². The number of allylic oxidation sites excluding steroid dienone is 7. The fourth-order valence-corrected chi connectivity index (χ4v) is 8.50. The Bertz CT molecular complexity index is 1730. The topological polar surface area (TPSA) is 247 Å². The first-order valence-corrected chi connectivity index (χ1v) is 18.2. The van der Waals surface area contributed by atoms with Gasteiger partial charge in [-0.3, -0.25) is 13.7 Å². The molecular weight excluding hydrogens is 633 g/mol. The van der Waals surface area contributed by atoms with Crippen LogP contribution in [0.5, 0.6) is 0 Å². The highest BCUT2D eigenvalue weighted by molar-refractivity contribution is 8.09. The lowest BCUT2D eigenvalue weighted by Gasteiger charge is -2.34. The number of unbranched alkanes of at least 4 members (excludes halogenated alkanes) is 4. The highest BCUT2D eigenvalue weighted by Crippen LogP contribution is 2.45. The molecule has 0 aromatic rings. The molecule has 0 aromatic heterocycles. The smallest absolute Gasteiger partial charge is 0.308 e. The van der Waals surface area contributed by atoms with Gasteiger partial charge in [-0.05, 0) is 55.8 Å². The second kappa shape index (κ2) is 13.9. The first-order chi connectivity index (χ1) is 20.1. The Hall–Kier alpha value is -3.04. The Morgan fingerprint density at radius 1 is 0.705 bits per heavy atom. The Labute approximate surface area is 259 Å². The minimum Gasteiger partial charge on any atom is -0.387 e. The first kappa shape index (κ1) is 37.1. The van der Waals surface area contributed by atoms with Crippen LogP contribution < -0.4 is 5.32 Å². The van der Waals surface area contributed by atoms with E-state index in [1.54, 1.807) is 13.8 Å². The van der Waals surface area contributed by atoms with Gasteiger partial charge in [0.25, 0.3) is 0 Å². The second-order valence-electron chi connectivity index (χ2n) is 12.6. The summed E-state index contributed by atoms with van der Waals surface area (Å²) in [5, 5.41) is 32.0. The van der Waals surface area contributed by atoms with Gasteiger partial charge >= 0.3 is 30.4 Å². The molecule has 0 unspecified atom stereocenters. The first-order valence-electron chi connectivity index (χ1n) is 13.9. The van der Waals surface area contributed by atoms with E-state index < -0.39 is 55.9 Å². The van der Waals surface area contributed by atoms with Gasteiger partial charge in [0.15, 0.2) is 4.91 Å². The van der Waals surface area contributed by atoms with Crippen LogP contribution in [0, 0.1) is 44.8 Å². The van der Waals surface area contributed by atoms with Crippen LogP contribution in [0.1, 0.15) is 91.9 Å². The zero-order valence-electron chi connectivity index (χ0n) is 25.1. The van der Waals surface area contributed by atoms with E-state index in [2.05, 4.69) is 5.32 Å². The average molecular weight is 671 g/mol. The van der Waals surface area contributed by atoms with E-state index in [1.807, 2.05) is 26.0 Å². The highest BCUT2D eigenvalue weighted by Gasteiger charge is 2.40. The molecule has 0 aromatic carbocycles. The number of hydrogen-bond donors (Lipinski definition) is 4. The van der Waals surface area contributed by atoms with Crippen LogP contribution in [0.4, 0.5) is 0 Å². The minimum absolute atomic E-state index is 0.0463. The summed E-state index contributed by atoms with van der Waals surface area (Å²) in [5.41, 5.74) is -0.585. The third kappa shape index (κ3) is 9.73. The van der Waals surface area contributed by atoms with Crippen molar-refractivity contribution in [2.24, 2.45) is 10.8 Å². The fourth-order valence-electron chi connectivity index (χ4n) is 5.86. The van der Waals surface area contributed by atoms with Crippen LogP contribution in [0.3, 0.4) is 0 Å². The quantitative estimate of drug-likeness (QED) is 0.124. The maximum Gasteiger partial charge on any atom is 0.308 e. The molecular formula is C28H38N4O9S3. The Morgan fingerprint density at radius 2 is 1.20 bits per heavy atom. The SMILES string of the molecule is CC1(C)CC(NCCCCCCCC2=C(C#N)/C(=C(\C#N)S(=O)(=O)O)CC(C)(C)C2)=C(C#N)C(=C(S(=O)(=O)O)S(=O)(=O)O)C1. The number of nitrogens with one attached hydrogen (secondary N) is 1. The van der Waals surface area contributed by atoms with Crippen LogP contribution in [-0.4, -0.2) is 45.5 Å². The lowest BCUT2D eigenvalue weighted by molar-refractivity contribution is 0.337. The van der Waals surface area contributed by atoms with E-state index in [-0.39, 0.29) is 29.6 Å². The third-order valence-electron chi connectivity index (χ3n) is 7.48. The van der Waals surface area contributed by atoms with Crippen molar-refractivity contribution in [3.63, 3.8) is 0 Å². The summed E-state index contributed by atoms with van der Waals surface area (Å²) < 4.78 is 97.9. The van der Waals surface area contributed by atoms with Gasteiger partial charge in [0, 0.05) is 23.4 Å². The predicted molar refractivity (Wildman–Crippen MR) is 161 cm³/mol. The summed E-state index contributed by atoms with van der Waals surface area (Å²) in [4.78, 5) is -0.794. The lowest BCUT2D eigenvalue weighted by Crippen LogP contribution is -2.30. The summed E-state index contributed by atoms with van der Waals surface area (Å²) >= 11 is 0. The highest BCUT2D eigenvalue weighted by atomic mass is 32.3. The van der Waals surface area contributed by atoms with Crippen molar-refractivity contribution in [1.29, 1.82) is 15.8 Å². The van der Waals surface area contributed by atoms with Gasteiger partial charge in [0.05, 0.1) is 17.2 Å². The van der Waals surface area contributed by atoms with E-state index in [0.717, 1.165) is 24.8 Å². The molecule has 44 heavy (non-hydrogen) atoms. The van der Waals surface area contributed by atoms with E-state index >= 15 is 0 Å². The third-order valence-corrected chi connectivity index (χ3v) is 11.0. The fraction of sp³-hybridized carbons (Fsp3) is 0.607. The van der Waals surface area contributed by atoms with Crippen molar-refractivity contribution >= 4 is 30.4 Å². The summed E-state index contributed by atoms with van der Waals surface area (Å²) in [5.74, 6) is 0. The summed E-state index contributed by atoms with van der Waals surface area (Å²) in [6, 6.07) is 5.38. The molecule has 4 N–H and O–H groups in total. The normalized spacial score (nSPS) is 20.0. The summed E-state index contributed by atoms with van der Waals surface area (Å²) in [6.07, 6.45) is 5.05. The monoisotopic (exact) mass is 670 g/mol. The number of nitrogens with zero attached hydrogens (tertiary/aromatic N) is 3. The molecule has 2 aliphatic rings. The molecule has 0 fully saturated rings.